The molecule has 0 bridgehead atoms. The van der Waals surface area contributed by atoms with Crippen LogP contribution in [0.25, 0.3) is 6.08 Å². The lowest BCUT2D eigenvalue weighted by Crippen LogP contribution is -2.18. The van der Waals surface area contributed by atoms with Crippen LogP contribution in [0.1, 0.15) is 5.56 Å². The van der Waals surface area contributed by atoms with Gasteiger partial charge in [-0.15, -0.1) is 0 Å². The Labute approximate surface area is 134 Å². The molecular weight excluding hydrogens is 294 g/mol. The molecule has 0 N–H and O–H groups in total. The van der Waals surface area contributed by atoms with Crippen LogP contribution in [0, 0.1) is 11.3 Å². The fraction of sp³-hybridized carbons (Fsp3) is 0.111. The standard InChI is InChI=1S/C18H15NO4/c1-21-17-12-14(6-5-11-19)9-10-16(17)23-18(20)13-22-15-7-3-2-4-8-15/h2-10,12H,13H2,1H3/b6-5-. The molecule has 0 radical (unpaired) electrons. The van der Waals surface area contributed by atoms with Gasteiger partial charge in [0.1, 0.15) is 5.75 Å². The molecule has 0 saturated carbocycles. The molecule has 23 heavy (non-hydrogen) atoms. The van der Waals surface area contributed by atoms with Crippen LogP contribution in [0.2, 0.25) is 0 Å². The van der Waals surface area contributed by atoms with Gasteiger partial charge in [0.15, 0.2) is 18.1 Å². The van der Waals surface area contributed by atoms with Gasteiger partial charge in [-0.25, -0.2) is 4.79 Å². The number of esters is 1. The SMILES string of the molecule is COc1cc(/C=C\C#N)ccc1OC(=O)COc1ccccc1. The van der Waals surface area contributed by atoms with Crippen LogP contribution < -0.4 is 14.2 Å². The van der Waals surface area contributed by atoms with Crippen molar-refractivity contribution in [1.29, 1.82) is 5.26 Å². The molecule has 2 aromatic carbocycles. The Morgan fingerprint density at radius 2 is 1.96 bits per heavy atom. The summed E-state index contributed by atoms with van der Waals surface area (Å²) in [6.45, 7) is -0.205. The molecule has 0 aliphatic rings. The van der Waals surface area contributed by atoms with Gasteiger partial charge in [-0.05, 0) is 35.9 Å². The summed E-state index contributed by atoms with van der Waals surface area (Å²) in [7, 11) is 1.48. The molecule has 0 fully saturated rings. The average molecular weight is 309 g/mol. The number of methoxy groups -OCH3 is 1. The van der Waals surface area contributed by atoms with Crippen molar-refractivity contribution in [1.82, 2.24) is 0 Å². The number of allylic oxidation sites excluding steroid dienone is 1. The van der Waals surface area contributed by atoms with E-state index in [4.69, 9.17) is 19.5 Å². The summed E-state index contributed by atoms with van der Waals surface area (Å²) in [6.07, 6.45) is 2.99. The molecule has 0 spiro atoms. The van der Waals surface area contributed by atoms with Crippen molar-refractivity contribution in [3.05, 3.63) is 60.2 Å². The number of ether oxygens (including phenoxy) is 3. The quantitative estimate of drug-likeness (QED) is 0.465. The van der Waals surface area contributed by atoms with Gasteiger partial charge in [-0.1, -0.05) is 24.3 Å². The van der Waals surface area contributed by atoms with E-state index < -0.39 is 5.97 Å². The number of benzene rings is 2. The smallest absolute Gasteiger partial charge is 0.349 e. The van der Waals surface area contributed by atoms with E-state index in [-0.39, 0.29) is 6.61 Å². The summed E-state index contributed by atoms with van der Waals surface area (Å²) in [5.74, 6) is 0.752. The number of hydrogen-bond donors (Lipinski definition) is 0. The Bertz CT molecular complexity index is 732. The zero-order valence-corrected chi connectivity index (χ0v) is 12.6. The van der Waals surface area contributed by atoms with E-state index in [1.165, 1.54) is 13.2 Å². The molecular formula is C18H15NO4. The predicted molar refractivity (Wildman–Crippen MR) is 85.2 cm³/mol. The fourth-order valence-corrected chi connectivity index (χ4v) is 1.82. The second-order valence-electron chi connectivity index (χ2n) is 4.45. The Balaban J connectivity index is 2.00. The number of carbonyl (C=O) groups is 1. The van der Waals surface area contributed by atoms with Crippen molar-refractivity contribution in [2.75, 3.05) is 13.7 Å². The van der Waals surface area contributed by atoms with Gasteiger partial charge < -0.3 is 14.2 Å². The Kier molecular flexibility index (Phi) is 5.78. The maximum atomic E-state index is 11.9. The van der Waals surface area contributed by atoms with Gasteiger partial charge >= 0.3 is 5.97 Å². The molecule has 0 saturated heterocycles. The van der Waals surface area contributed by atoms with Crippen LogP contribution in [0.5, 0.6) is 17.2 Å². The molecule has 2 aromatic rings. The summed E-state index contributed by atoms with van der Waals surface area (Å²) in [6, 6.07) is 15.9. The lowest BCUT2D eigenvalue weighted by molar-refractivity contribution is -0.136. The highest BCUT2D eigenvalue weighted by Gasteiger charge is 2.11. The Morgan fingerprint density at radius 1 is 1.17 bits per heavy atom. The third-order valence-electron chi connectivity index (χ3n) is 2.86. The molecule has 0 aliphatic heterocycles. The first-order chi connectivity index (χ1) is 11.2. The van der Waals surface area contributed by atoms with E-state index in [1.54, 1.807) is 36.4 Å². The minimum Gasteiger partial charge on any atom is -0.493 e. The van der Waals surface area contributed by atoms with Crippen molar-refractivity contribution in [3.63, 3.8) is 0 Å². The van der Waals surface area contributed by atoms with Crippen LogP contribution in [0.3, 0.4) is 0 Å². The molecule has 0 amide bonds. The third-order valence-corrected chi connectivity index (χ3v) is 2.86. The topological polar surface area (TPSA) is 68.5 Å². The largest absolute Gasteiger partial charge is 0.493 e. The maximum Gasteiger partial charge on any atom is 0.349 e. The van der Waals surface area contributed by atoms with Crippen molar-refractivity contribution in [2.24, 2.45) is 0 Å². The van der Waals surface area contributed by atoms with Crippen LogP contribution in [0.4, 0.5) is 0 Å². The number of carbonyl (C=O) groups excluding carboxylic acids is 1. The van der Waals surface area contributed by atoms with Crippen molar-refractivity contribution in [3.8, 4) is 23.3 Å². The molecule has 0 heterocycles. The third kappa shape index (κ3) is 4.90. The Morgan fingerprint density at radius 3 is 2.65 bits per heavy atom. The van der Waals surface area contributed by atoms with E-state index in [1.807, 2.05) is 24.3 Å². The van der Waals surface area contributed by atoms with Crippen molar-refractivity contribution < 1.29 is 19.0 Å². The van der Waals surface area contributed by atoms with Gasteiger partial charge in [0, 0.05) is 6.08 Å². The second-order valence-corrected chi connectivity index (χ2v) is 4.45. The molecule has 0 atom stereocenters. The zero-order valence-electron chi connectivity index (χ0n) is 12.6. The second kappa shape index (κ2) is 8.25. The fourth-order valence-electron chi connectivity index (χ4n) is 1.82. The van der Waals surface area contributed by atoms with Gasteiger partial charge in [0.25, 0.3) is 0 Å². The van der Waals surface area contributed by atoms with E-state index in [2.05, 4.69) is 0 Å². The van der Waals surface area contributed by atoms with E-state index in [0.29, 0.717) is 17.2 Å². The molecule has 116 valence electrons. The lowest BCUT2D eigenvalue weighted by atomic mass is 10.2. The maximum absolute atomic E-state index is 11.9. The van der Waals surface area contributed by atoms with Crippen molar-refractivity contribution >= 4 is 12.0 Å². The molecule has 5 nitrogen and oxygen atoms in total. The van der Waals surface area contributed by atoms with Crippen LogP contribution >= 0.6 is 0 Å². The number of hydrogen-bond acceptors (Lipinski definition) is 5. The summed E-state index contributed by atoms with van der Waals surface area (Å²) >= 11 is 0. The minimum absolute atomic E-state index is 0.205. The molecule has 0 aromatic heterocycles. The van der Waals surface area contributed by atoms with E-state index >= 15 is 0 Å². The zero-order chi connectivity index (χ0) is 16.5. The molecule has 0 unspecified atom stereocenters. The van der Waals surface area contributed by atoms with Gasteiger partial charge in [-0.2, -0.15) is 5.26 Å². The first-order valence-electron chi connectivity index (χ1n) is 6.85. The van der Waals surface area contributed by atoms with Crippen LogP contribution in [-0.4, -0.2) is 19.7 Å². The highest BCUT2D eigenvalue weighted by molar-refractivity contribution is 5.75. The average Bonchev–Trinajstić information content (AvgIpc) is 2.60. The lowest BCUT2D eigenvalue weighted by Gasteiger charge is -2.10. The highest BCUT2D eigenvalue weighted by atomic mass is 16.6. The van der Waals surface area contributed by atoms with Gasteiger partial charge in [-0.3, -0.25) is 0 Å². The van der Waals surface area contributed by atoms with E-state index in [0.717, 1.165) is 5.56 Å². The van der Waals surface area contributed by atoms with Gasteiger partial charge in [0.2, 0.25) is 0 Å². The molecule has 2 rings (SSSR count). The number of para-hydroxylation sites is 1. The normalized spacial score (nSPS) is 10.1. The first-order valence-corrected chi connectivity index (χ1v) is 6.85. The van der Waals surface area contributed by atoms with Crippen molar-refractivity contribution in [2.45, 2.75) is 0 Å². The first kappa shape index (κ1) is 16.1. The summed E-state index contributed by atoms with van der Waals surface area (Å²) in [5, 5.41) is 8.53. The Hall–Kier alpha value is -3.26. The van der Waals surface area contributed by atoms with E-state index in [9.17, 15) is 4.79 Å². The molecule has 0 aliphatic carbocycles. The number of nitrogens with zero attached hydrogens (tertiary/aromatic N) is 1. The summed E-state index contributed by atoms with van der Waals surface area (Å²) < 4.78 is 15.8. The number of rotatable bonds is 6. The summed E-state index contributed by atoms with van der Waals surface area (Å²) in [4.78, 5) is 11.9. The van der Waals surface area contributed by atoms with Crippen LogP contribution in [-0.2, 0) is 4.79 Å². The van der Waals surface area contributed by atoms with Crippen LogP contribution in [0.15, 0.2) is 54.6 Å². The minimum atomic E-state index is -0.535. The monoisotopic (exact) mass is 309 g/mol. The highest BCUT2D eigenvalue weighted by Crippen LogP contribution is 2.28. The predicted octanol–water partition coefficient (Wildman–Crippen LogP) is 3.22. The summed E-state index contributed by atoms with van der Waals surface area (Å²) in [5.41, 5.74) is 0.767. The molecule has 5 heteroatoms. The number of nitriles is 1. The van der Waals surface area contributed by atoms with Gasteiger partial charge in [0.05, 0.1) is 13.2 Å².